The maximum atomic E-state index is 12.9. The molecule has 0 aromatic rings. The fraction of sp³-hybridized carbons (Fsp3) is 0.661. The van der Waals surface area contributed by atoms with Crippen molar-refractivity contribution in [1.29, 1.82) is 0 Å². The summed E-state index contributed by atoms with van der Waals surface area (Å²) in [7, 11) is -4.79. The van der Waals surface area contributed by atoms with Gasteiger partial charge in [-0.3, -0.25) is 23.4 Å². The van der Waals surface area contributed by atoms with Crippen molar-refractivity contribution in [1.82, 2.24) is 0 Å². The number of carbonyl (C=O) groups is 3. The Morgan fingerprint density at radius 2 is 0.757 bits per heavy atom. The number of phosphoric acid groups is 1. The third-order valence-corrected chi connectivity index (χ3v) is 12.7. The minimum absolute atomic E-state index is 0.0634. The number of carbonyl (C=O) groups excluding carboxylic acids is 3. The molecule has 12 heteroatoms. The SMILES string of the molecule is CC/C=C\C/C=C\C/C=C\C/C=C\C/C=C\CC(=O)OC(CO)COP(=O)(O)OCC(COC(=O)CC/C=C\C/C=C\C/C=C\C/C=C\CC)OC(=O)CCCCCCCCCCCCCCCCCCCCC. The van der Waals surface area contributed by atoms with E-state index in [-0.39, 0.29) is 25.9 Å². The maximum absolute atomic E-state index is 12.9. The molecule has 3 unspecified atom stereocenters. The fourth-order valence-corrected chi connectivity index (χ4v) is 8.23. The second-order valence-corrected chi connectivity index (χ2v) is 20.2. The molecular formula is C62H103O11P. The highest BCUT2D eigenvalue weighted by Gasteiger charge is 2.28. The van der Waals surface area contributed by atoms with Crippen molar-refractivity contribution in [3.05, 3.63) is 109 Å². The van der Waals surface area contributed by atoms with Crippen molar-refractivity contribution in [2.45, 2.75) is 238 Å². The highest BCUT2D eigenvalue weighted by molar-refractivity contribution is 7.47. The summed E-state index contributed by atoms with van der Waals surface area (Å²) in [5, 5.41) is 9.79. The normalized spacial score (nSPS) is 14.2. The predicted octanol–water partition coefficient (Wildman–Crippen LogP) is 17.0. The lowest BCUT2D eigenvalue weighted by atomic mass is 10.0. The minimum Gasteiger partial charge on any atom is -0.462 e. The van der Waals surface area contributed by atoms with Gasteiger partial charge in [0.1, 0.15) is 12.7 Å². The van der Waals surface area contributed by atoms with Crippen molar-refractivity contribution in [2.24, 2.45) is 0 Å². The molecule has 0 heterocycles. The zero-order valence-corrected chi connectivity index (χ0v) is 47.4. The van der Waals surface area contributed by atoms with E-state index in [0.717, 1.165) is 70.6 Å². The highest BCUT2D eigenvalue weighted by Crippen LogP contribution is 2.43. The number of aliphatic hydroxyl groups is 1. The van der Waals surface area contributed by atoms with Crippen LogP contribution in [0.15, 0.2) is 109 Å². The lowest BCUT2D eigenvalue weighted by molar-refractivity contribution is -0.161. The highest BCUT2D eigenvalue weighted by atomic mass is 31.2. The first-order valence-corrected chi connectivity index (χ1v) is 30.3. The van der Waals surface area contributed by atoms with E-state index in [1.807, 2.05) is 30.4 Å². The van der Waals surface area contributed by atoms with Gasteiger partial charge in [-0.1, -0.05) is 246 Å². The van der Waals surface area contributed by atoms with Crippen molar-refractivity contribution in [2.75, 3.05) is 26.4 Å². The van der Waals surface area contributed by atoms with Gasteiger partial charge in [0.2, 0.25) is 0 Å². The number of hydrogen-bond donors (Lipinski definition) is 2. The van der Waals surface area contributed by atoms with Gasteiger partial charge in [0.05, 0.1) is 26.2 Å². The van der Waals surface area contributed by atoms with Gasteiger partial charge in [0.15, 0.2) is 6.10 Å². The summed E-state index contributed by atoms with van der Waals surface area (Å²) in [5.74, 6) is -1.70. The monoisotopic (exact) mass is 1050 g/mol. The van der Waals surface area contributed by atoms with E-state index in [2.05, 4.69) is 93.7 Å². The first-order chi connectivity index (χ1) is 36.2. The fourth-order valence-electron chi connectivity index (χ4n) is 7.45. The summed E-state index contributed by atoms with van der Waals surface area (Å²) >= 11 is 0. The van der Waals surface area contributed by atoms with Gasteiger partial charge >= 0.3 is 25.7 Å². The van der Waals surface area contributed by atoms with Crippen molar-refractivity contribution in [3.63, 3.8) is 0 Å². The van der Waals surface area contributed by atoms with E-state index < -0.39 is 57.8 Å². The average molecular weight is 1060 g/mol. The lowest BCUT2D eigenvalue weighted by Gasteiger charge is -2.21. The van der Waals surface area contributed by atoms with Crippen LogP contribution in [0, 0.1) is 0 Å². The molecule has 0 spiro atoms. The molecule has 2 N–H and O–H groups in total. The third-order valence-electron chi connectivity index (χ3n) is 11.7. The maximum Gasteiger partial charge on any atom is 0.472 e. The number of rotatable bonds is 52. The Morgan fingerprint density at radius 1 is 0.405 bits per heavy atom. The summed E-state index contributed by atoms with van der Waals surface area (Å²) in [5.41, 5.74) is 0. The molecule has 0 aliphatic carbocycles. The van der Waals surface area contributed by atoms with E-state index in [4.69, 9.17) is 23.3 Å². The van der Waals surface area contributed by atoms with Gasteiger partial charge in [0, 0.05) is 12.8 Å². The van der Waals surface area contributed by atoms with E-state index >= 15 is 0 Å². The standard InChI is InChI=1S/C62H103O11P/c1-4-7-10-13-16-19-22-25-27-28-29-30-32-35-38-41-44-47-50-53-62(66)73-59(55-69-60(64)51-48-45-42-39-36-33-24-21-18-15-12-9-6-3)57-71-74(67,68)70-56-58(54-63)72-61(65)52-49-46-43-40-37-34-31-26-23-20-17-14-11-8-5-2/h8-9,11-12,17-18,20-21,26,31,33,36-37,40,42,45-46,49,58-59,63H,4-7,10,13-16,19,22-25,27-30,32,34-35,38-39,41,43-44,47-48,50-57H2,1-3H3,(H,67,68)/b11-8-,12-9-,20-17-,21-18-,31-26-,36-33-,40-37-,45-42-,49-46-. The Labute approximate surface area is 450 Å². The molecule has 11 nitrogen and oxygen atoms in total. The molecule has 0 amide bonds. The zero-order valence-electron chi connectivity index (χ0n) is 46.5. The van der Waals surface area contributed by atoms with Gasteiger partial charge in [-0.2, -0.15) is 0 Å². The van der Waals surface area contributed by atoms with Crippen LogP contribution in [0.5, 0.6) is 0 Å². The number of phosphoric ester groups is 1. The molecule has 0 saturated carbocycles. The van der Waals surface area contributed by atoms with Crippen LogP contribution in [0.25, 0.3) is 0 Å². The lowest BCUT2D eigenvalue weighted by Crippen LogP contribution is -2.30. The summed E-state index contributed by atoms with van der Waals surface area (Å²) < 4.78 is 39.3. The minimum atomic E-state index is -4.79. The Hall–Kier alpha value is -3.86. The number of aliphatic hydroxyl groups excluding tert-OH is 1. The number of unbranched alkanes of at least 4 members (excludes halogenated alkanes) is 18. The van der Waals surface area contributed by atoms with Crippen molar-refractivity contribution in [3.8, 4) is 0 Å². The van der Waals surface area contributed by atoms with Crippen LogP contribution in [-0.4, -0.2) is 66.5 Å². The summed E-state index contributed by atoms with van der Waals surface area (Å²) in [6.07, 6.45) is 66.8. The molecule has 3 atom stereocenters. The molecule has 422 valence electrons. The largest absolute Gasteiger partial charge is 0.472 e. The van der Waals surface area contributed by atoms with Gasteiger partial charge in [-0.05, 0) is 70.6 Å². The van der Waals surface area contributed by atoms with E-state index in [0.29, 0.717) is 19.3 Å². The zero-order chi connectivity index (χ0) is 54.1. The van der Waals surface area contributed by atoms with Gasteiger partial charge < -0.3 is 24.2 Å². The van der Waals surface area contributed by atoms with E-state index in [9.17, 15) is 28.9 Å². The summed E-state index contributed by atoms with van der Waals surface area (Å²) in [6, 6.07) is 0. The summed E-state index contributed by atoms with van der Waals surface area (Å²) in [4.78, 5) is 48.4. The molecule has 0 aromatic carbocycles. The second kappa shape index (κ2) is 55.4. The number of ether oxygens (including phenoxy) is 3. The van der Waals surface area contributed by atoms with Crippen molar-refractivity contribution >= 4 is 25.7 Å². The topological polar surface area (TPSA) is 155 Å². The Bertz CT molecular complexity index is 1660. The van der Waals surface area contributed by atoms with Gasteiger partial charge in [-0.15, -0.1) is 0 Å². The van der Waals surface area contributed by atoms with Crippen LogP contribution in [0.3, 0.4) is 0 Å². The first kappa shape index (κ1) is 70.1. The van der Waals surface area contributed by atoms with Crippen LogP contribution in [0.1, 0.15) is 226 Å². The first-order valence-electron chi connectivity index (χ1n) is 28.8. The number of hydrogen-bond acceptors (Lipinski definition) is 10. The molecule has 0 bridgehead atoms. The molecule has 0 aliphatic heterocycles. The number of allylic oxidation sites excluding steroid dienone is 17. The van der Waals surface area contributed by atoms with Crippen molar-refractivity contribution < 1.29 is 52.2 Å². The van der Waals surface area contributed by atoms with Crippen LogP contribution in [0.4, 0.5) is 0 Å². The molecule has 0 saturated heterocycles. The third kappa shape index (κ3) is 53.0. The molecule has 0 aromatic heterocycles. The summed E-state index contributed by atoms with van der Waals surface area (Å²) in [6.45, 7) is 4.23. The molecule has 0 aliphatic rings. The van der Waals surface area contributed by atoms with Gasteiger partial charge in [-0.25, -0.2) is 4.57 Å². The Kier molecular flexibility index (Phi) is 52.5. The van der Waals surface area contributed by atoms with Crippen LogP contribution >= 0.6 is 7.82 Å². The molecule has 74 heavy (non-hydrogen) atoms. The second-order valence-electron chi connectivity index (χ2n) is 18.7. The Balaban J connectivity index is 4.83. The quantitative estimate of drug-likeness (QED) is 0.0197. The van der Waals surface area contributed by atoms with E-state index in [1.54, 1.807) is 6.08 Å². The molecule has 0 radical (unpaired) electrons. The molecule has 0 rings (SSSR count). The Morgan fingerprint density at radius 3 is 1.16 bits per heavy atom. The smallest absolute Gasteiger partial charge is 0.462 e. The van der Waals surface area contributed by atoms with Gasteiger partial charge in [0.25, 0.3) is 0 Å². The number of esters is 3. The van der Waals surface area contributed by atoms with Crippen LogP contribution in [-0.2, 0) is 42.2 Å². The van der Waals surface area contributed by atoms with Crippen LogP contribution in [0.2, 0.25) is 0 Å². The molecular weight excluding hydrogens is 952 g/mol. The van der Waals surface area contributed by atoms with E-state index in [1.165, 1.54) is 96.3 Å². The van der Waals surface area contributed by atoms with Crippen LogP contribution < -0.4 is 0 Å². The predicted molar refractivity (Wildman–Crippen MR) is 307 cm³/mol. The average Bonchev–Trinajstić information content (AvgIpc) is 3.39. The molecule has 0 fully saturated rings.